The minimum atomic E-state index is -0.969. The first kappa shape index (κ1) is 31.3. The van der Waals surface area contributed by atoms with Gasteiger partial charge in [-0.05, 0) is 55.7 Å². The number of halogens is 2. The molecule has 1 saturated heterocycles. The Bertz CT molecular complexity index is 1880. The molecule has 0 radical (unpaired) electrons. The minimum absolute atomic E-state index is 0.0512. The highest BCUT2D eigenvalue weighted by atomic mass is 19.1. The van der Waals surface area contributed by atoms with Gasteiger partial charge < -0.3 is 20.2 Å². The van der Waals surface area contributed by atoms with Crippen LogP contribution in [0, 0.1) is 18.6 Å². The van der Waals surface area contributed by atoms with E-state index in [4.69, 9.17) is 0 Å². The van der Waals surface area contributed by atoms with Crippen LogP contribution in [0.1, 0.15) is 48.3 Å². The molecule has 0 saturated carbocycles. The highest BCUT2D eigenvalue weighted by Crippen LogP contribution is 2.38. The monoisotopic (exact) mass is 616 g/mol. The van der Waals surface area contributed by atoms with E-state index in [1.165, 1.54) is 22.8 Å². The number of fused-ring (bicyclic) bond motifs is 1. The Kier molecular flexibility index (Phi) is 8.67. The molecule has 0 bridgehead atoms. The number of hydrogen-bond acceptors (Lipinski definition) is 7. The molecule has 10 nitrogen and oxygen atoms in total. The van der Waals surface area contributed by atoms with Crippen LogP contribution in [0.15, 0.2) is 54.0 Å². The van der Waals surface area contributed by atoms with E-state index >= 15 is 8.78 Å². The number of amides is 2. The molecular weight excluding hydrogens is 582 g/mol. The zero-order chi connectivity index (χ0) is 32.6. The smallest absolute Gasteiger partial charge is 0.271 e. The Morgan fingerprint density at radius 3 is 2.44 bits per heavy atom. The summed E-state index contributed by atoms with van der Waals surface area (Å²) in [6, 6.07) is 6.39. The molecule has 2 N–H and O–H groups in total. The summed E-state index contributed by atoms with van der Waals surface area (Å²) >= 11 is 0. The highest BCUT2D eigenvalue weighted by molar-refractivity contribution is 6.07. The third kappa shape index (κ3) is 5.52. The number of anilines is 1. The molecule has 0 unspecified atom stereocenters. The van der Waals surface area contributed by atoms with Crippen LogP contribution in [0.25, 0.3) is 28.0 Å². The Morgan fingerprint density at radius 1 is 1.11 bits per heavy atom. The third-order valence-electron chi connectivity index (χ3n) is 7.88. The largest absolute Gasteiger partial charge is 0.507 e. The maximum atomic E-state index is 16.1. The van der Waals surface area contributed by atoms with Crippen molar-refractivity contribution in [1.29, 1.82) is 0 Å². The van der Waals surface area contributed by atoms with Gasteiger partial charge in [0.2, 0.25) is 5.91 Å². The lowest BCUT2D eigenvalue weighted by Crippen LogP contribution is -2.49. The van der Waals surface area contributed by atoms with Gasteiger partial charge in [-0.15, -0.1) is 0 Å². The molecule has 0 aliphatic carbocycles. The summed E-state index contributed by atoms with van der Waals surface area (Å²) in [6.07, 6.45) is 2.83. The van der Waals surface area contributed by atoms with Gasteiger partial charge in [0.25, 0.3) is 11.5 Å². The van der Waals surface area contributed by atoms with Gasteiger partial charge in [-0.25, -0.2) is 13.8 Å². The van der Waals surface area contributed by atoms with Crippen molar-refractivity contribution in [3.8, 4) is 22.7 Å². The number of piperazine rings is 1. The van der Waals surface area contributed by atoms with Gasteiger partial charge in [-0.1, -0.05) is 26.5 Å². The Balaban J connectivity index is 1.94. The lowest BCUT2D eigenvalue weighted by atomic mass is 10.0. The molecular formula is C33H34F2N6O4. The van der Waals surface area contributed by atoms with Crippen molar-refractivity contribution in [2.24, 2.45) is 0 Å². The number of phenols is 1. The van der Waals surface area contributed by atoms with Gasteiger partial charge in [0.15, 0.2) is 11.5 Å². The fourth-order valence-electron chi connectivity index (χ4n) is 5.74. The van der Waals surface area contributed by atoms with E-state index in [9.17, 15) is 19.5 Å². The molecule has 2 amide bonds. The lowest BCUT2D eigenvalue weighted by Gasteiger charge is -2.37. The van der Waals surface area contributed by atoms with Crippen molar-refractivity contribution in [1.82, 2.24) is 24.8 Å². The first-order valence-electron chi connectivity index (χ1n) is 14.7. The molecule has 45 heavy (non-hydrogen) atoms. The van der Waals surface area contributed by atoms with E-state index < -0.39 is 40.1 Å². The average Bonchev–Trinajstić information content (AvgIpc) is 3.01. The predicted molar refractivity (Wildman–Crippen MR) is 168 cm³/mol. The van der Waals surface area contributed by atoms with E-state index in [2.05, 4.69) is 21.9 Å². The zero-order valence-corrected chi connectivity index (χ0v) is 25.5. The molecule has 3 aromatic heterocycles. The normalized spacial score (nSPS) is 13.4. The summed E-state index contributed by atoms with van der Waals surface area (Å²) < 4.78 is 32.4. The molecule has 0 spiro atoms. The van der Waals surface area contributed by atoms with Crippen molar-refractivity contribution in [2.45, 2.75) is 33.6 Å². The molecule has 1 aliphatic heterocycles. The molecule has 5 rings (SSSR count). The van der Waals surface area contributed by atoms with Gasteiger partial charge >= 0.3 is 0 Å². The number of carbonyl (C=O) groups is 2. The lowest BCUT2D eigenvalue weighted by molar-refractivity contribution is -0.126. The summed E-state index contributed by atoms with van der Waals surface area (Å²) in [6.45, 7) is 12.0. The van der Waals surface area contributed by atoms with Crippen molar-refractivity contribution < 1.29 is 23.5 Å². The van der Waals surface area contributed by atoms with Crippen LogP contribution in [-0.4, -0.2) is 69.1 Å². The average molecular weight is 617 g/mol. The maximum Gasteiger partial charge on any atom is 0.271 e. The minimum Gasteiger partial charge on any atom is -0.507 e. The molecule has 1 aliphatic rings. The van der Waals surface area contributed by atoms with Gasteiger partial charge in [-0.2, -0.15) is 0 Å². The summed E-state index contributed by atoms with van der Waals surface area (Å²) in [5.41, 5.74) is -0.288. The quantitative estimate of drug-likeness (QED) is 0.295. The van der Waals surface area contributed by atoms with Crippen LogP contribution >= 0.6 is 0 Å². The van der Waals surface area contributed by atoms with Crippen LogP contribution in [-0.2, 0) is 4.79 Å². The van der Waals surface area contributed by atoms with Crippen molar-refractivity contribution in [2.75, 3.05) is 37.6 Å². The number of carbonyl (C=O) groups excluding carboxylic acids is 2. The second kappa shape index (κ2) is 12.5. The van der Waals surface area contributed by atoms with Gasteiger partial charge in [0.05, 0.1) is 22.6 Å². The van der Waals surface area contributed by atoms with E-state index in [1.807, 2.05) is 13.8 Å². The fraction of sp³-hybridized carbons (Fsp3) is 0.303. The number of nitrogens with one attached hydrogen (secondary N) is 1. The fourth-order valence-corrected chi connectivity index (χ4v) is 5.74. The number of aromatic hydroxyl groups is 1. The van der Waals surface area contributed by atoms with Gasteiger partial charge in [0.1, 0.15) is 22.8 Å². The van der Waals surface area contributed by atoms with Crippen molar-refractivity contribution >= 4 is 28.5 Å². The van der Waals surface area contributed by atoms with Crippen molar-refractivity contribution in [3.63, 3.8) is 0 Å². The topological polar surface area (TPSA) is 121 Å². The molecule has 12 heteroatoms. The van der Waals surface area contributed by atoms with E-state index in [0.717, 1.165) is 12.1 Å². The molecule has 0 atom stereocenters. The van der Waals surface area contributed by atoms with Crippen LogP contribution in [0.4, 0.5) is 14.5 Å². The number of aromatic nitrogens is 3. The Hall–Kier alpha value is -5.13. The van der Waals surface area contributed by atoms with E-state index in [1.54, 1.807) is 35.9 Å². The van der Waals surface area contributed by atoms with Gasteiger partial charge in [-0.3, -0.25) is 23.9 Å². The van der Waals surface area contributed by atoms with Crippen LogP contribution in [0.5, 0.6) is 5.75 Å². The van der Waals surface area contributed by atoms with Crippen LogP contribution in [0.2, 0.25) is 0 Å². The van der Waals surface area contributed by atoms with Crippen molar-refractivity contribution in [3.05, 3.63) is 88.0 Å². The van der Waals surface area contributed by atoms with E-state index in [0.29, 0.717) is 16.9 Å². The molecule has 1 aromatic carbocycles. The number of benzene rings is 1. The second-order valence-corrected chi connectivity index (χ2v) is 11.1. The maximum absolute atomic E-state index is 16.1. The summed E-state index contributed by atoms with van der Waals surface area (Å²) in [5.74, 6) is -3.49. The SMILES string of the molecule is C=CC(=O)N1CCN(c2c(C(=O)NCC)c(=O)n(-c3c(C)ccnc3C(C)C)c3nc(-c4c(O)cccc4F)c(F)cc23)CC1. The Labute approximate surface area is 258 Å². The third-order valence-corrected chi connectivity index (χ3v) is 7.88. The summed E-state index contributed by atoms with van der Waals surface area (Å²) in [5, 5.41) is 13.4. The number of nitrogens with zero attached hydrogens (tertiary/aromatic N) is 5. The predicted octanol–water partition coefficient (Wildman–Crippen LogP) is 4.45. The van der Waals surface area contributed by atoms with E-state index in [-0.39, 0.29) is 66.8 Å². The first-order chi connectivity index (χ1) is 21.5. The molecule has 1 fully saturated rings. The van der Waals surface area contributed by atoms with Gasteiger partial charge in [0, 0.05) is 44.3 Å². The number of hydrogen-bond donors (Lipinski definition) is 2. The Morgan fingerprint density at radius 2 is 1.82 bits per heavy atom. The highest BCUT2D eigenvalue weighted by Gasteiger charge is 2.32. The summed E-state index contributed by atoms with van der Waals surface area (Å²) in [4.78, 5) is 53.1. The number of pyridine rings is 3. The second-order valence-electron chi connectivity index (χ2n) is 11.1. The standard InChI is InChI=1S/C33H34F2N6O4/c1-6-24(43)39-13-15-40(16-14-39)30-20-17-22(35)28(25-21(34)9-8-10-23(25)42)38-31(20)41(33(45)26(30)32(44)36-7-2)29-19(5)11-12-37-27(29)18(3)4/h6,8-12,17-18,42H,1,7,13-16H2,2-5H3,(H,36,44). The summed E-state index contributed by atoms with van der Waals surface area (Å²) in [7, 11) is 0. The molecule has 4 aromatic rings. The molecule has 234 valence electrons. The number of aryl methyl sites for hydroxylation is 1. The first-order valence-corrected chi connectivity index (χ1v) is 14.7. The zero-order valence-electron chi connectivity index (χ0n) is 25.5. The van der Waals surface area contributed by atoms with Crippen LogP contribution < -0.4 is 15.8 Å². The number of phenolic OH excluding ortho intramolecular Hbond substituents is 1. The molecule has 4 heterocycles. The number of rotatable bonds is 7. The van der Waals surface area contributed by atoms with Crippen LogP contribution in [0.3, 0.4) is 0 Å².